The zero-order chi connectivity index (χ0) is 59.4. The topological polar surface area (TPSA) is 276 Å². The summed E-state index contributed by atoms with van der Waals surface area (Å²) in [7, 11) is -7.71. The SMILES string of the molecule is Cc1ccc(C(=O)N2CCN(c3cccnc3S(N)(=O)=O)CC2)c(C)c1CC1CCN(c2ccccc2C#N)CC1.Cc1ccc(C(=O)O)c(C)c1CC1CCN(c2ccccc2C#N)CC1.NS(=O)(=O)c1ncccc1N1CCNCC1. The molecule has 0 unspecified atom stereocenters. The van der Waals surface area contributed by atoms with Crippen molar-refractivity contribution in [2.45, 2.75) is 76.3 Å². The summed E-state index contributed by atoms with van der Waals surface area (Å²) in [5.41, 5.74) is 12.4. The highest BCUT2D eigenvalue weighted by atomic mass is 32.2. The van der Waals surface area contributed by atoms with E-state index in [9.17, 15) is 42.1 Å². The molecule has 83 heavy (non-hydrogen) atoms. The third-order valence-electron chi connectivity index (χ3n) is 16.5. The molecular weight excluding hydrogens is 1090 g/mol. The average molecular weight is 1160 g/mol. The molecule has 0 bridgehead atoms. The summed E-state index contributed by atoms with van der Waals surface area (Å²) in [5, 5.41) is 41.7. The van der Waals surface area contributed by atoms with Gasteiger partial charge in [0.25, 0.3) is 26.0 Å². The van der Waals surface area contributed by atoms with Crippen LogP contribution in [0.25, 0.3) is 0 Å². The zero-order valence-electron chi connectivity index (χ0n) is 47.7. The van der Waals surface area contributed by atoms with E-state index < -0.39 is 26.0 Å². The number of nitriles is 2. The van der Waals surface area contributed by atoms with Crippen molar-refractivity contribution in [1.82, 2.24) is 20.2 Å². The molecule has 4 aliphatic rings. The number of para-hydroxylation sites is 2. The number of primary sulfonamides is 2. The predicted octanol–water partition coefficient (Wildman–Crippen LogP) is 7.11. The number of aryl methyl sites for hydroxylation is 2. The largest absolute Gasteiger partial charge is 0.478 e. The number of nitrogens with one attached hydrogen (secondary N) is 1. The third kappa shape index (κ3) is 15.0. The van der Waals surface area contributed by atoms with Crippen molar-refractivity contribution in [2.75, 3.05) is 98.1 Å². The Kier molecular flexibility index (Phi) is 20.2. The molecule has 4 saturated heterocycles. The highest BCUT2D eigenvalue weighted by molar-refractivity contribution is 7.89. The fourth-order valence-electron chi connectivity index (χ4n) is 11.8. The fraction of sp³-hybridized carbons (Fsp3) is 0.387. The van der Waals surface area contributed by atoms with Crippen LogP contribution in [0.1, 0.15) is 90.9 Å². The maximum absolute atomic E-state index is 13.7. The molecule has 6 aromatic rings. The zero-order valence-corrected chi connectivity index (χ0v) is 49.3. The second-order valence-corrected chi connectivity index (χ2v) is 24.6. The Morgan fingerprint density at radius 3 is 1.35 bits per heavy atom. The molecule has 2 aromatic heterocycles. The Morgan fingerprint density at radius 2 is 0.928 bits per heavy atom. The van der Waals surface area contributed by atoms with Gasteiger partial charge in [-0.25, -0.2) is 41.9 Å². The minimum Gasteiger partial charge on any atom is -0.478 e. The number of aromatic nitrogens is 2. The van der Waals surface area contributed by atoms with Crippen LogP contribution in [0.15, 0.2) is 120 Å². The molecule has 436 valence electrons. The van der Waals surface area contributed by atoms with Gasteiger partial charge in [-0.05, 0) is 172 Å². The van der Waals surface area contributed by atoms with Crippen LogP contribution in [0.4, 0.5) is 22.7 Å². The number of nitrogens with zero attached hydrogens (tertiary/aromatic N) is 9. The molecule has 0 saturated carbocycles. The van der Waals surface area contributed by atoms with Gasteiger partial charge in [-0.2, -0.15) is 10.5 Å². The standard InChI is InChI=1S/C31H36N6O3S.C22H24N2O2.C9H14N4O2S/c1-22-9-10-26(31(38)37-18-16-36(17-19-37)29-8-5-13-34-30(29)41(33,39)40)23(2)27(22)20-24-11-14-35(15-12-24)28-7-4-3-6-25(28)21-32;1-15-7-8-19(22(25)26)16(2)20(15)13-17-9-11-24(12-10-17)21-6-4-3-5-18(21)14-23;10-16(14,15)9-8(2-1-3-12-9)13-6-4-11-5-7-13/h3-10,13,24H,11-12,14-20H2,1-2H3,(H2,33,39,40);3-8,17H,9-13H2,1-2H3,(H,25,26);1-3,11H,4-7H2,(H2,10,14,15). The number of carbonyl (C=O) groups excluding carboxylic acids is 1. The minimum atomic E-state index is -3.95. The van der Waals surface area contributed by atoms with Gasteiger partial charge in [0.1, 0.15) is 12.1 Å². The lowest BCUT2D eigenvalue weighted by Crippen LogP contribution is -2.49. The number of hydrogen-bond acceptors (Lipinski definition) is 15. The minimum absolute atomic E-state index is 0.00388. The van der Waals surface area contributed by atoms with E-state index >= 15 is 0 Å². The van der Waals surface area contributed by atoms with Gasteiger partial charge in [-0.1, -0.05) is 36.4 Å². The molecule has 21 heteroatoms. The number of pyridine rings is 2. The maximum atomic E-state index is 13.7. The van der Waals surface area contributed by atoms with Gasteiger partial charge in [0.05, 0.1) is 39.4 Å². The molecular formula is C62H74N12O7S2. The molecule has 4 aliphatic heterocycles. The summed E-state index contributed by atoms with van der Waals surface area (Å²) in [6, 6.07) is 34.6. The van der Waals surface area contributed by atoms with E-state index in [1.165, 1.54) is 34.6 Å². The Bertz CT molecular complexity index is 3610. The number of amides is 1. The van der Waals surface area contributed by atoms with Crippen molar-refractivity contribution in [1.29, 1.82) is 10.5 Å². The van der Waals surface area contributed by atoms with Crippen molar-refractivity contribution in [2.24, 2.45) is 22.1 Å². The molecule has 4 aromatic carbocycles. The van der Waals surface area contributed by atoms with Gasteiger partial charge >= 0.3 is 5.97 Å². The summed E-state index contributed by atoms with van der Waals surface area (Å²) in [6.45, 7) is 16.9. The first kappa shape index (κ1) is 61.2. The first-order chi connectivity index (χ1) is 39.8. The molecule has 1 amide bonds. The van der Waals surface area contributed by atoms with Gasteiger partial charge in [-0.15, -0.1) is 0 Å². The lowest BCUT2D eigenvalue weighted by Gasteiger charge is -2.37. The molecule has 0 atom stereocenters. The molecule has 0 radical (unpaired) electrons. The number of rotatable bonds is 12. The second kappa shape index (κ2) is 27.4. The highest BCUT2D eigenvalue weighted by Crippen LogP contribution is 2.33. The van der Waals surface area contributed by atoms with E-state index in [0.717, 1.165) is 130 Å². The number of carboxylic acid groups (broad SMARTS) is 1. The van der Waals surface area contributed by atoms with E-state index in [-0.39, 0.29) is 16.0 Å². The number of piperidine rings is 2. The van der Waals surface area contributed by atoms with E-state index in [1.807, 2.05) is 82.3 Å². The van der Waals surface area contributed by atoms with Gasteiger partial charge < -0.3 is 34.9 Å². The number of benzene rings is 4. The van der Waals surface area contributed by atoms with Crippen LogP contribution in [-0.2, 0) is 32.9 Å². The third-order valence-corrected chi connectivity index (χ3v) is 18.2. The number of sulfonamides is 2. The molecule has 4 fully saturated rings. The Balaban J connectivity index is 0.000000182. The molecule has 0 aliphatic carbocycles. The number of aromatic carboxylic acids is 1. The van der Waals surface area contributed by atoms with E-state index in [4.69, 9.17) is 10.3 Å². The molecule has 6 heterocycles. The summed E-state index contributed by atoms with van der Waals surface area (Å²) in [4.78, 5) is 43.2. The first-order valence-corrected chi connectivity index (χ1v) is 31.2. The van der Waals surface area contributed by atoms with Crippen LogP contribution in [0.3, 0.4) is 0 Å². The van der Waals surface area contributed by atoms with E-state index in [2.05, 4.69) is 64.1 Å². The molecule has 0 spiro atoms. The predicted molar refractivity (Wildman–Crippen MR) is 323 cm³/mol. The first-order valence-electron chi connectivity index (χ1n) is 28.1. The average Bonchev–Trinajstić information content (AvgIpc) is 3.53. The summed E-state index contributed by atoms with van der Waals surface area (Å²) in [5.74, 6) is 0.206. The van der Waals surface area contributed by atoms with Crippen molar-refractivity contribution < 1.29 is 31.5 Å². The van der Waals surface area contributed by atoms with Crippen LogP contribution >= 0.6 is 0 Å². The normalized spacial score (nSPS) is 16.2. The van der Waals surface area contributed by atoms with Crippen LogP contribution in [0.2, 0.25) is 0 Å². The second-order valence-electron chi connectivity index (χ2n) is 21.7. The number of hydrogen-bond donors (Lipinski definition) is 4. The Labute approximate surface area is 488 Å². The van der Waals surface area contributed by atoms with Gasteiger partial charge in [0, 0.05) is 96.5 Å². The van der Waals surface area contributed by atoms with Crippen molar-refractivity contribution >= 4 is 54.7 Å². The van der Waals surface area contributed by atoms with Crippen LogP contribution in [-0.4, -0.2) is 127 Å². The molecule has 6 N–H and O–H groups in total. The maximum Gasteiger partial charge on any atom is 0.335 e. The fourth-order valence-corrected chi connectivity index (χ4v) is 13.2. The Hall–Kier alpha value is -7.92. The number of carboxylic acids is 1. The number of piperazine rings is 2. The lowest BCUT2D eigenvalue weighted by atomic mass is 9.85. The monoisotopic (exact) mass is 1160 g/mol. The molecule has 19 nitrogen and oxygen atoms in total. The van der Waals surface area contributed by atoms with Crippen LogP contribution < -0.4 is 35.2 Å². The van der Waals surface area contributed by atoms with E-state index in [1.54, 1.807) is 30.3 Å². The summed E-state index contributed by atoms with van der Waals surface area (Å²) < 4.78 is 46.8. The van der Waals surface area contributed by atoms with Gasteiger partial charge in [0.2, 0.25) is 0 Å². The van der Waals surface area contributed by atoms with Crippen LogP contribution in [0, 0.1) is 62.2 Å². The summed E-state index contributed by atoms with van der Waals surface area (Å²) in [6.07, 6.45) is 8.88. The summed E-state index contributed by atoms with van der Waals surface area (Å²) >= 11 is 0. The quantitative estimate of drug-likeness (QED) is 0.0950. The lowest BCUT2D eigenvalue weighted by molar-refractivity contribution is 0.0694. The number of anilines is 4. The smallest absolute Gasteiger partial charge is 0.335 e. The van der Waals surface area contributed by atoms with E-state index in [0.29, 0.717) is 55.0 Å². The van der Waals surface area contributed by atoms with Crippen molar-refractivity contribution in [3.05, 3.63) is 165 Å². The Morgan fingerprint density at radius 1 is 0.542 bits per heavy atom. The van der Waals surface area contributed by atoms with Gasteiger partial charge in [-0.3, -0.25) is 4.79 Å². The number of nitrogens with two attached hydrogens (primary N) is 2. The molecule has 10 rings (SSSR count). The van der Waals surface area contributed by atoms with Crippen molar-refractivity contribution in [3.8, 4) is 12.1 Å². The highest BCUT2D eigenvalue weighted by Gasteiger charge is 2.30. The van der Waals surface area contributed by atoms with Crippen molar-refractivity contribution in [3.63, 3.8) is 0 Å². The van der Waals surface area contributed by atoms with Gasteiger partial charge in [0.15, 0.2) is 10.1 Å². The number of carbonyl (C=O) groups is 2. The van der Waals surface area contributed by atoms with Crippen LogP contribution in [0.5, 0.6) is 0 Å².